The number of benzene rings is 1. The minimum atomic E-state index is -0.696. The molecule has 1 saturated heterocycles. The van der Waals surface area contributed by atoms with Crippen LogP contribution in [0.3, 0.4) is 0 Å². The van der Waals surface area contributed by atoms with Crippen molar-refractivity contribution in [2.75, 3.05) is 13.6 Å². The molecule has 2 amide bonds. The van der Waals surface area contributed by atoms with Crippen LogP contribution in [-0.2, 0) is 9.59 Å². The first kappa shape index (κ1) is 22.1. The van der Waals surface area contributed by atoms with Gasteiger partial charge in [0.25, 0.3) is 5.91 Å². The maximum atomic E-state index is 13.5. The van der Waals surface area contributed by atoms with E-state index in [9.17, 15) is 19.6 Å². The van der Waals surface area contributed by atoms with Gasteiger partial charge < -0.3 is 19.6 Å². The molecule has 2 aliphatic rings. The standard InChI is InChI=1S/C25H30N4O3/c1-15(2)9-23(25(32)29-13-16(14-30)10-18(29)12-26)28(3)24(31)22-11-20-19(17-7-8-17)5-4-6-21(20)27-22/h4-6,11,14-18,23,27H,7-10,13H2,1-3H3. The highest BCUT2D eigenvalue weighted by atomic mass is 16.2. The van der Waals surface area contributed by atoms with Crippen molar-refractivity contribution in [3.05, 3.63) is 35.5 Å². The van der Waals surface area contributed by atoms with Gasteiger partial charge >= 0.3 is 0 Å². The first-order valence-corrected chi connectivity index (χ1v) is 11.4. The SMILES string of the molecule is CC(C)CC(C(=O)N1CC(C=O)CC1C#N)N(C)C(=O)c1cc2c(C3CC3)cccc2[nH]1. The Morgan fingerprint density at radius 2 is 2.09 bits per heavy atom. The Kier molecular flexibility index (Phi) is 6.05. The lowest BCUT2D eigenvalue weighted by Gasteiger charge is -2.32. The van der Waals surface area contributed by atoms with Gasteiger partial charge in [-0.2, -0.15) is 5.26 Å². The van der Waals surface area contributed by atoms with Crippen molar-refractivity contribution in [3.63, 3.8) is 0 Å². The minimum Gasteiger partial charge on any atom is -0.351 e. The molecule has 3 atom stereocenters. The molecule has 2 aromatic rings. The molecule has 1 aliphatic heterocycles. The van der Waals surface area contributed by atoms with Crippen molar-refractivity contribution in [2.24, 2.45) is 11.8 Å². The van der Waals surface area contributed by atoms with E-state index in [0.29, 0.717) is 24.5 Å². The largest absolute Gasteiger partial charge is 0.351 e. The Bertz CT molecular complexity index is 1080. The molecule has 1 N–H and O–H groups in total. The normalized spacial score (nSPS) is 21.5. The van der Waals surface area contributed by atoms with E-state index in [-0.39, 0.29) is 30.2 Å². The van der Waals surface area contributed by atoms with Crippen molar-refractivity contribution in [1.29, 1.82) is 5.26 Å². The summed E-state index contributed by atoms with van der Waals surface area (Å²) in [4.78, 5) is 44.4. The maximum Gasteiger partial charge on any atom is 0.270 e. The summed E-state index contributed by atoms with van der Waals surface area (Å²) in [7, 11) is 1.65. The Morgan fingerprint density at radius 1 is 1.34 bits per heavy atom. The van der Waals surface area contributed by atoms with Crippen LogP contribution in [0.1, 0.15) is 61.5 Å². The van der Waals surface area contributed by atoms with E-state index in [2.05, 4.69) is 17.1 Å². The fraction of sp³-hybridized carbons (Fsp3) is 0.520. The van der Waals surface area contributed by atoms with Gasteiger partial charge in [-0.25, -0.2) is 0 Å². The zero-order valence-corrected chi connectivity index (χ0v) is 18.9. The molecule has 3 unspecified atom stereocenters. The quantitative estimate of drug-likeness (QED) is 0.675. The molecule has 2 fully saturated rings. The zero-order valence-electron chi connectivity index (χ0n) is 18.9. The number of fused-ring (bicyclic) bond motifs is 1. The fourth-order valence-corrected chi connectivity index (χ4v) is 4.77. The van der Waals surface area contributed by atoms with Gasteiger partial charge in [0.1, 0.15) is 24.1 Å². The van der Waals surface area contributed by atoms with Crippen LogP contribution in [0.4, 0.5) is 0 Å². The van der Waals surface area contributed by atoms with Gasteiger partial charge in [-0.1, -0.05) is 26.0 Å². The average molecular weight is 435 g/mol. The molecule has 4 rings (SSSR count). The van der Waals surface area contributed by atoms with E-state index < -0.39 is 12.1 Å². The number of hydrogen-bond acceptors (Lipinski definition) is 4. The number of nitriles is 1. The number of amides is 2. The van der Waals surface area contributed by atoms with Gasteiger partial charge in [-0.15, -0.1) is 0 Å². The molecule has 32 heavy (non-hydrogen) atoms. The van der Waals surface area contributed by atoms with Crippen LogP contribution in [0.15, 0.2) is 24.3 Å². The molecule has 1 aromatic carbocycles. The number of likely N-dealkylation sites (tertiary alicyclic amines) is 1. The van der Waals surface area contributed by atoms with Gasteiger partial charge in [-0.05, 0) is 55.2 Å². The molecule has 1 aliphatic carbocycles. The summed E-state index contributed by atoms with van der Waals surface area (Å²) in [5, 5.41) is 10.6. The molecule has 0 radical (unpaired) electrons. The number of rotatable bonds is 7. The lowest BCUT2D eigenvalue weighted by molar-refractivity contribution is -0.136. The number of aromatic nitrogens is 1. The van der Waals surface area contributed by atoms with Crippen LogP contribution in [-0.4, -0.2) is 58.6 Å². The molecule has 168 valence electrons. The predicted octanol–water partition coefficient (Wildman–Crippen LogP) is 3.47. The molecule has 0 bridgehead atoms. The molecule has 2 heterocycles. The monoisotopic (exact) mass is 434 g/mol. The Labute approximate surface area is 188 Å². The second-order valence-corrected chi connectivity index (χ2v) is 9.59. The second kappa shape index (κ2) is 8.78. The van der Waals surface area contributed by atoms with E-state index >= 15 is 0 Å². The summed E-state index contributed by atoms with van der Waals surface area (Å²) in [6.07, 6.45) is 4.00. The first-order chi connectivity index (χ1) is 15.3. The van der Waals surface area contributed by atoms with Crippen LogP contribution in [0.25, 0.3) is 10.9 Å². The highest BCUT2D eigenvalue weighted by Gasteiger charge is 2.40. The number of aldehydes is 1. The fourth-order valence-electron chi connectivity index (χ4n) is 4.77. The summed E-state index contributed by atoms with van der Waals surface area (Å²) in [5.74, 6) is -0.108. The number of hydrogen-bond donors (Lipinski definition) is 1. The predicted molar refractivity (Wildman–Crippen MR) is 121 cm³/mol. The third-order valence-electron chi connectivity index (χ3n) is 6.67. The van der Waals surface area contributed by atoms with Crippen LogP contribution < -0.4 is 0 Å². The summed E-state index contributed by atoms with van der Waals surface area (Å²) >= 11 is 0. The van der Waals surface area contributed by atoms with Crippen molar-refractivity contribution in [3.8, 4) is 6.07 Å². The average Bonchev–Trinajstić information content (AvgIpc) is 3.39. The van der Waals surface area contributed by atoms with E-state index in [0.717, 1.165) is 17.2 Å². The topological polar surface area (TPSA) is 97.3 Å². The second-order valence-electron chi connectivity index (χ2n) is 9.59. The van der Waals surface area contributed by atoms with Gasteiger partial charge in [0.15, 0.2) is 0 Å². The Hall–Kier alpha value is -3.14. The molecule has 1 saturated carbocycles. The molecular formula is C25H30N4O3. The molecule has 7 nitrogen and oxygen atoms in total. The van der Waals surface area contributed by atoms with Gasteiger partial charge in [0.05, 0.1) is 6.07 Å². The van der Waals surface area contributed by atoms with E-state index in [1.54, 1.807) is 7.05 Å². The van der Waals surface area contributed by atoms with Crippen LogP contribution in [0.2, 0.25) is 0 Å². The van der Waals surface area contributed by atoms with E-state index in [4.69, 9.17) is 0 Å². The number of carbonyl (C=O) groups is 3. The lowest BCUT2D eigenvalue weighted by Crippen LogP contribution is -2.51. The summed E-state index contributed by atoms with van der Waals surface area (Å²) in [5.41, 5.74) is 2.65. The third-order valence-corrected chi connectivity index (χ3v) is 6.67. The van der Waals surface area contributed by atoms with Crippen molar-refractivity contribution in [2.45, 2.75) is 57.5 Å². The van der Waals surface area contributed by atoms with Gasteiger partial charge in [0.2, 0.25) is 5.91 Å². The molecular weight excluding hydrogens is 404 g/mol. The third kappa shape index (κ3) is 4.14. The highest BCUT2D eigenvalue weighted by Crippen LogP contribution is 2.43. The molecule has 0 spiro atoms. The smallest absolute Gasteiger partial charge is 0.270 e. The van der Waals surface area contributed by atoms with E-state index in [1.165, 1.54) is 28.2 Å². The number of aromatic amines is 1. The first-order valence-electron chi connectivity index (χ1n) is 11.4. The van der Waals surface area contributed by atoms with Crippen LogP contribution >= 0.6 is 0 Å². The van der Waals surface area contributed by atoms with E-state index in [1.807, 2.05) is 32.0 Å². The van der Waals surface area contributed by atoms with Crippen LogP contribution in [0.5, 0.6) is 0 Å². The lowest BCUT2D eigenvalue weighted by atomic mass is 10.0. The summed E-state index contributed by atoms with van der Waals surface area (Å²) in [6.45, 7) is 4.24. The van der Waals surface area contributed by atoms with Crippen molar-refractivity contribution in [1.82, 2.24) is 14.8 Å². The molecule has 7 heteroatoms. The Morgan fingerprint density at radius 3 is 2.72 bits per heavy atom. The van der Waals surface area contributed by atoms with Crippen molar-refractivity contribution < 1.29 is 14.4 Å². The zero-order chi connectivity index (χ0) is 23.0. The minimum absolute atomic E-state index is 0.174. The Balaban J connectivity index is 1.61. The number of carbonyl (C=O) groups excluding carboxylic acids is 3. The number of likely N-dealkylation sites (N-methyl/N-ethyl adjacent to an activating group) is 1. The summed E-state index contributed by atoms with van der Waals surface area (Å²) < 4.78 is 0. The maximum absolute atomic E-state index is 13.5. The number of H-pyrrole nitrogens is 1. The summed E-state index contributed by atoms with van der Waals surface area (Å²) in [6, 6.07) is 8.81. The number of nitrogens with one attached hydrogen (secondary N) is 1. The van der Waals surface area contributed by atoms with Gasteiger partial charge in [-0.3, -0.25) is 9.59 Å². The highest BCUT2D eigenvalue weighted by molar-refractivity contribution is 6.01. The van der Waals surface area contributed by atoms with Crippen LogP contribution in [0, 0.1) is 23.2 Å². The number of nitrogens with zero attached hydrogens (tertiary/aromatic N) is 3. The molecule has 1 aromatic heterocycles. The van der Waals surface area contributed by atoms with Gasteiger partial charge in [0, 0.05) is 30.4 Å². The van der Waals surface area contributed by atoms with Crippen molar-refractivity contribution >= 4 is 29.0 Å².